The van der Waals surface area contributed by atoms with E-state index in [1.165, 1.54) is 38.5 Å². The molecule has 2 heterocycles. The molecule has 0 saturated carbocycles. The van der Waals surface area contributed by atoms with Crippen molar-refractivity contribution in [3.63, 3.8) is 0 Å². The van der Waals surface area contributed by atoms with Crippen molar-refractivity contribution in [1.82, 2.24) is 0 Å². The zero-order valence-electron chi connectivity index (χ0n) is 11.9. The molecule has 5 N–H and O–H groups in total. The molecule has 5 heteroatoms. The fourth-order valence-electron chi connectivity index (χ4n) is 2.97. The highest BCUT2D eigenvalue weighted by Gasteiger charge is 2.26. The average molecular weight is 267 g/mol. The molecule has 2 bridgehead atoms. The zero-order valence-corrected chi connectivity index (χ0v) is 11.9. The van der Waals surface area contributed by atoms with Crippen LogP contribution in [0, 0.1) is 0 Å². The van der Waals surface area contributed by atoms with E-state index in [9.17, 15) is 4.79 Å². The molecule has 0 spiro atoms. The van der Waals surface area contributed by atoms with Gasteiger partial charge in [-0.2, -0.15) is 0 Å². The molecule has 0 aromatic carbocycles. The van der Waals surface area contributed by atoms with E-state index in [0.717, 1.165) is 24.5 Å². The van der Waals surface area contributed by atoms with Crippen LogP contribution in [0.3, 0.4) is 0 Å². The number of carboxylic acids is 1. The van der Waals surface area contributed by atoms with Gasteiger partial charge in [0.15, 0.2) is 0 Å². The minimum absolute atomic E-state index is 0.520. The number of carboxylic acid groups (broad SMARTS) is 1. The monoisotopic (exact) mass is 267 g/mol. The Balaban J connectivity index is 0.000000190. The van der Waals surface area contributed by atoms with Crippen LogP contribution in [-0.2, 0) is 4.79 Å². The number of hydrogen-bond acceptors (Lipinski definition) is 3. The van der Waals surface area contributed by atoms with E-state index in [4.69, 9.17) is 16.6 Å². The lowest BCUT2D eigenvalue weighted by Crippen LogP contribution is -2.29. The molecule has 2 rings (SSSR count). The van der Waals surface area contributed by atoms with Crippen molar-refractivity contribution in [2.24, 2.45) is 11.5 Å². The predicted molar refractivity (Wildman–Crippen MR) is 79.5 cm³/mol. The molecule has 1 radical (unpaired) electrons. The summed E-state index contributed by atoms with van der Waals surface area (Å²) in [6.07, 6.45) is 11.2. The first-order valence-electron chi connectivity index (χ1n) is 7.67. The maximum Gasteiger partial charge on any atom is 0.320 e. The molecule has 109 valence electrons. The first-order chi connectivity index (χ1) is 9.13. The molecule has 0 unspecified atom stereocenters. The van der Waals surface area contributed by atoms with Crippen molar-refractivity contribution in [2.45, 2.75) is 75.5 Å². The summed E-state index contributed by atoms with van der Waals surface area (Å²) in [4.78, 5) is 10.1. The number of aliphatic carboxylic acids is 1. The second-order valence-corrected chi connectivity index (χ2v) is 5.80. The zero-order chi connectivity index (χ0) is 14.1. The van der Waals surface area contributed by atoms with Crippen molar-refractivity contribution in [3.8, 4) is 0 Å². The largest absolute Gasteiger partial charge is 0.480 e. The minimum Gasteiger partial charge on any atom is -0.480 e. The SMILES string of the molecule is NCCCC[C@H](N)C(=O)O.[B]1C2CCCC1CCC2. The highest BCUT2D eigenvalue weighted by molar-refractivity contribution is 6.40. The van der Waals surface area contributed by atoms with Gasteiger partial charge in [-0.25, -0.2) is 0 Å². The molecular formula is C14H28BN2O2. The van der Waals surface area contributed by atoms with E-state index in [0.29, 0.717) is 13.0 Å². The van der Waals surface area contributed by atoms with Crippen molar-refractivity contribution < 1.29 is 9.90 Å². The Bertz CT molecular complexity index is 244. The lowest BCUT2D eigenvalue weighted by molar-refractivity contribution is -0.138. The van der Waals surface area contributed by atoms with Crippen LogP contribution in [-0.4, -0.2) is 30.9 Å². The Morgan fingerprint density at radius 2 is 1.68 bits per heavy atom. The number of rotatable bonds is 5. The van der Waals surface area contributed by atoms with Crippen LogP contribution in [0.15, 0.2) is 0 Å². The Kier molecular flexibility index (Phi) is 8.14. The van der Waals surface area contributed by atoms with Crippen molar-refractivity contribution in [1.29, 1.82) is 0 Å². The molecule has 0 aliphatic carbocycles. The normalized spacial score (nSPS) is 26.6. The second kappa shape index (κ2) is 9.37. The first-order valence-corrected chi connectivity index (χ1v) is 7.67. The fraction of sp³-hybridized carbons (Fsp3) is 0.929. The fourth-order valence-corrected chi connectivity index (χ4v) is 2.97. The Labute approximate surface area is 117 Å². The summed E-state index contributed by atoms with van der Waals surface area (Å²) < 4.78 is 0. The molecule has 1 atom stereocenters. The molecule has 0 aromatic heterocycles. The summed E-state index contributed by atoms with van der Waals surface area (Å²) in [6.45, 7) is 0.604. The van der Waals surface area contributed by atoms with Gasteiger partial charge in [0.05, 0.1) is 0 Å². The van der Waals surface area contributed by atoms with Gasteiger partial charge >= 0.3 is 5.97 Å². The molecule has 2 aliphatic heterocycles. The molecule has 4 nitrogen and oxygen atoms in total. The number of unbranched alkanes of at least 4 members (excludes halogenated alkanes) is 1. The van der Waals surface area contributed by atoms with Crippen LogP contribution in [0.1, 0.15) is 57.8 Å². The predicted octanol–water partition coefficient (Wildman–Crippen LogP) is 2.16. The molecular weight excluding hydrogens is 239 g/mol. The molecule has 19 heavy (non-hydrogen) atoms. The quantitative estimate of drug-likeness (QED) is 0.526. The summed E-state index contributed by atoms with van der Waals surface area (Å²) >= 11 is 0. The molecule has 2 saturated heterocycles. The van der Waals surface area contributed by atoms with Gasteiger partial charge in [-0.05, 0) is 19.4 Å². The van der Waals surface area contributed by atoms with Gasteiger partial charge in [0.2, 0.25) is 0 Å². The van der Waals surface area contributed by atoms with Gasteiger partial charge in [-0.3, -0.25) is 4.79 Å². The summed E-state index contributed by atoms with van der Waals surface area (Å²) in [7, 11) is 2.62. The highest BCUT2D eigenvalue weighted by Crippen LogP contribution is 2.40. The Hall–Kier alpha value is -0.545. The molecule has 0 amide bonds. The smallest absolute Gasteiger partial charge is 0.320 e. The van der Waals surface area contributed by atoms with Gasteiger partial charge in [0.1, 0.15) is 13.3 Å². The summed E-state index contributed by atoms with van der Waals surface area (Å²) in [5.41, 5.74) is 10.4. The lowest BCUT2D eigenvalue weighted by atomic mass is 9.44. The third kappa shape index (κ3) is 6.97. The van der Waals surface area contributed by atoms with Gasteiger partial charge in [0.25, 0.3) is 0 Å². The Morgan fingerprint density at radius 3 is 2.05 bits per heavy atom. The van der Waals surface area contributed by atoms with Crippen LogP contribution in [0.25, 0.3) is 0 Å². The van der Waals surface area contributed by atoms with Crippen LogP contribution < -0.4 is 11.5 Å². The standard InChI is InChI=1S/C8H14B.C6H14N2O2/c1-3-7-5-2-6-8(4-1)9-7;7-4-2-1-3-5(8)6(9)10/h7-8H,1-6H2;5H,1-4,7-8H2,(H,9,10)/t;5-/m.0/s1. The highest BCUT2D eigenvalue weighted by atomic mass is 16.4. The number of carbonyl (C=O) groups is 1. The summed E-state index contributed by atoms with van der Waals surface area (Å²) in [5.74, 6) is 1.12. The van der Waals surface area contributed by atoms with Crippen molar-refractivity contribution in [3.05, 3.63) is 0 Å². The van der Waals surface area contributed by atoms with Gasteiger partial charge in [-0.15, -0.1) is 0 Å². The lowest BCUT2D eigenvalue weighted by Gasteiger charge is -2.33. The minimum atomic E-state index is -0.933. The van der Waals surface area contributed by atoms with E-state index >= 15 is 0 Å². The number of hydrogen-bond donors (Lipinski definition) is 3. The topological polar surface area (TPSA) is 89.3 Å². The Morgan fingerprint density at radius 1 is 1.16 bits per heavy atom. The van der Waals surface area contributed by atoms with Crippen LogP contribution in [0.5, 0.6) is 0 Å². The number of nitrogens with two attached hydrogens (primary N) is 2. The van der Waals surface area contributed by atoms with E-state index in [1.807, 2.05) is 0 Å². The summed E-state index contributed by atoms with van der Waals surface area (Å²) in [6, 6.07) is -0.716. The third-order valence-corrected chi connectivity index (χ3v) is 4.13. The van der Waals surface area contributed by atoms with E-state index in [-0.39, 0.29) is 0 Å². The summed E-state index contributed by atoms with van der Waals surface area (Å²) in [5, 5.41) is 8.33. The van der Waals surface area contributed by atoms with Crippen molar-refractivity contribution in [2.75, 3.05) is 6.54 Å². The third-order valence-electron chi connectivity index (χ3n) is 4.13. The molecule has 2 aliphatic rings. The van der Waals surface area contributed by atoms with E-state index in [2.05, 4.69) is 7.28 Å². The second-order valence-electron chi connectivity index (χ2n) is 5.80. The van der Waals surface area contributed by atoms with E-state index < -0.39 is 12.0 Å². The number of fused-ring (bicyclic) bond motifs is 2. The first kappa shape index (κ1) is 16.5. The molecule has 0 aromatic rings. The maximum atomic E-state index is 10.1. The van der Waals surface area contributed by atoms with Crippen LogP contribution in [0.2, 0.25) is 11.6 Å². The maximum absolute atomic E-state index is 10.1. The van der Waals surface area contributed by atoms with Gasteiger partial charge in [-0.1, -0.05) is 56.6 Å². The van der Waals surface area contributed by atoms with Gasteiger partial charge in [0, 0.05) is 0 Å². The molecule has 2 fully saturated rings. The van der Waals surface area contributed by atoms with Gasteiger partial charge < -0.3 is 16.6 Å². The van der Waals surface area contributed by atoms with E-state index in [1.54, 1.807) is 0 Å². The van der Waals surface area contributed by atoms with Crippen LogP contribution in [0.4, 0.5) is 0 Å². The van der Waals surface area contributed by atoms with Crippen molar-refractivity contribution >= 4 is 13.2 Å². The average Bonchev–Trinajstić information content (AvgIpc) is 2.40. The van der Waals surface area contributed by atoms with Crippen LogP contribution >= 0.6 is 0 Å².